The number of likely N-dealkylation sites (tertiary alicyclic amines) is 1. The van der Waals surface area contributed by atoms with Crippen molar-refractivity contribution in [1.29, 1.82) is 5.26 Å². The van der Waals surface area contributed by atoms with Crippen LogP contribution in [0.2, 0.25) is 0 Å². The van der Waals surface area contributed by atoms with Crippen molar-refractivity contribution in [3.05, 3.63) is 39.9 Å². The minimum Gasteiger partial charge on any atom is -0.489 e. The van der Waals surface area contributed by atoms with Crippen LogP contribution in [-0.2, 0) is 4.84 Å². The summed E-state index contributed by atoms with van der Waals surface area (Å²) in [5, 5.41) is 34.9. The number of hydrogen-bond acceptors (Lipinski definition) is 8. The molecule has 0 spiro atoms. The summed E-state index contributed by atoms with van der Waals surface area (Å²) >= 11 is 0. The number of nitrogens with one attached hydrogen (secondary N) is 2. The van der Waals surface area contributed by atoms with Gasteiger partial charge in [0.1, 0.15) is 24.5 Å². The Balaban J connectivity index is 1.67. The number of carbonyl (C=O) groups excluding carboxylic acids is 1. The smallest absolute Gasteiger partial charge is 0.317 e. The molecular formula is C21H31N5O6. The first kappa shape index (κ1) is 25.2. The van der Waals surface area contributed by atoms with Gasteiger partial charge in [0.25, 0.3) is 5.09 Å². The lowest BCUT2D eigenvalue weighted by molar-refractivity contribution is -0.759. The van der Waals surface area contributed by atoms with Crippen LogP contribution < -0.4 is 15.4 Å². The van der Waals surface area contributed by atoms with Crippen LogP contribution in [0.4, 0.5) is 4.79 Å². The molecule has 176 valence electrons. The molecule has 0 radical (unpaired) electrons. The zero-order valence-corrected chi connectivity index (χ0v) is 18.5. The zero-order valence-electron chi connectivity index (χ0n) is 18.5. The predicted octanol–water partition coefficient (Wildman–Crippen LogP) is 1.30. The molecule has 2 rings (SSSR count). The number of hydrogen-bond donors (Lipinski definition) is 3. The molecule has 1 aliphatic heterocycles. The number of nitriles is 1. The van der Waals surface area contributed by atoms with Gasteiger partial charge in [-0.2, -0.15) is 5.26 Å². The Morgan fingerprint density at radius 2 is 2.09 bits per heavy atom. The second-order valence-corrected chi connectivity index (χ2v) is 8.45. The third-order valence-electron chi connectivity index (χ3n) is 5.25. The standard InChI is InChI=1S/C21H31N5O6/c1-21(2,24-12-18(27)14-31-19-6-4-3-5-17(19)11-22)15-23-20(28)25-9-7-16(8-10-25)13-32-26(29)30/h3-6,16,18,24,27H,7-10,12-15H2,1-2H3,(H,23,28). The number of para-hydroxylation sites is 1. The highest BCUT2D eigenvalue weighted by Crippen LogP contribution is 2.18. The van der Waals surface area contributed by atoms with Crippen molar-refractivity contribution in [2.24, 2.45) is 5.92 Å². The summed E-state index contributed by atoms with van der Waals surface area (Å²) < 4.78 is 5.54. The minimum atomic E-state index is -0.794. The number of benzene rings is 1. The van der Waals surface area contributed by atoms with E-state index < -0.39 is 16.7 Å². The van der Waals surface area contributed by atoms with Crippen molar-refractivity contribution < 1.29 is 24.6 Å². The monoisotopic (exact) mass is 449 g/mol. The van der Waals surface area contributed by atoms with Crippen LogP contribution in [-0.4, -0.2) is 72.2 Å². The van der Waals surface area contributed by atoms with Crippen LogP contribution in [0.25, 0.3) is 0 Å². The second kappa shape index (κ2) is 12.1. The summed E-state index contributed by atoms with van der Waals surface area (Å²) in [6.07, 6.45) is 0.519. The lowest BCUT2D eigenvalue weighted by atomic mass is 9.98. The van der Waals surface area contributed by atoms with E-state index in [1.807, 2.05) is 19.9 Å². The molecule has 0 aliphatic carbocycles. The first-order valence-corrected chi connectivity index (χ1v) is 10.6. The van der Waals surface area contributed by atoms with E-state index >= 15 is 0 Å². The van der Waals surface area contributed by atoms with E-state index in [1.165, 1.54) is 0 Å². The molecule has 0 saturated carbocycles. The molecule has 1 fully saturated rings. The van der Waals surface area contributed by atoms with E-state index in [4.69, 9.17) is 10.00 Å². The van der Waals surface area contributed by atoms with E-state index in [1.54, 1.807) is 29.2 Å². The Kier molecular flexibility index (Phi) is 9.49. The Morgan fingerprint density at radius 1 is 1.41 bits per heavy atom. The average molecular weight is 450 g/mol. The molecule has 3 N–H and O–H groups in total. The van der Waals surface area contributed by atoms with Gasteiger partial charge in [0, 0.05) is 31.7 Å². The molecular weight excluding hydrogens is 418 g/mol. The fourth-order valence-corrected chi connectivity index (χ4v) is 3.26. The van der Waals surface area contributed by atoms with Crippen LogP contribution >= 0.6 is 0 Å². The van der Waals surface area contributed by atoms with Crippen LogP contribution in [0.15, 0.2) is 24.3 Å². The second-order valence-electron chi connectivity index (χ2n) is 8.45. The highest BCUT2D eigenvalue weighted by molar-refractivity contribution is 5.74. The molecule has 32 heavy (non-hydrogen) atoms. The number of aliphatic hydroxyl groups excluding tert-OH is 1. The molecule has 1 unspecified atom stereocenters. The summed E-state index contributed by atoms with van der Waals surface area (Å²) in [6, 6.07) is 8.68. The number of urea groups is 1. The van der Waals surface area contributed by atoms with Crippen molar-refractivity contribution in [1.82, 2.24) is 15.5 Å². The number of carbonyl (C=O) groups is 1. The van der Waals surface area contributed by atoms with Gasteiger partial charge in [-0.05, 0) is 44.7 Å². The van der Waals surface area contributed by atoms with Crippen molar-refractivity contribution in [3.63, 3.8) is 0 Å². The van der Waals surface area contributed by atoms with Gasteiger partial charge in [-0.25, -0.2) is 4.79 Å². The number of amides is 2. The summed E-state index contributed by atoms with van der Waals surface area (Å²) in [5.74, 6) is 0.501. The quantitative estimate of drug-likeness (QED) is 0.338. The summed E-state index contributed by atoms with van der Waals surface area (Å²) in [7, 11) is 0. The molecule has 1 aromatic carbocycles. The summed E-state index contributed by atoms with van der Waals surface area (Å²) in [4.78, 5) is 28.8. The highest BCUT2D eigenvalue weighted by Gasteiger charge is 2.25. The molecule has 0 bridgehead atoms. The molecule has 1 atom stereocenters. The van der Waals surface area contributed by atoms with Gasteiger partial charge in [0.2, 0.25) is 0 Å². The summed E-state index contributed by atoms with van der Waals surface area (Å²) in [6.45, 7) is 5.55. The molecule has 2 amide bonds. The Morgan fingerprint density at radius 3 is 2.75 bits per heavy atom. The van der Waals surface area contributed by atoms with Gasteiger partial charge in [0.05, 0.1) is 12.2 Å². The van der Waals surface area contributed by atoms with E-state index in [0.29, 0.717) is 43.8 Å². The van der Waals surface area contributed by atoms with Crippen LogP contribution in [0, 0.1) is 27.4 Å². The first-order valence-electron chi connectivity index (χ1n) is 10.6. The molecule has 1 heterocycles. The van der Waals surface area contributed by atoms with E-state index in [-0.39, 0.29) is 31.7 Å². The van der Waals surface area contributed by atoms with E-state index in [2.05, 4.69) is 15.5 Å². The van der Waals surface area contributed by atoms with Gasteiger partial charge in [-0.3, -0.25) is 0 Å². The number of rotatable bonds is 11. The largest absolute Gasteiger partial charge is 0.489 e. The normalized spacial score (nSPS) is 15.5. The molecule has 11 heteroatoms. The van der Waals surface area contributed by atoms with Crippen LogP contribution in [0.5, 0.6) is 5.75 Å². The number of β-amino-alcohol motifs (C(OH)–C–C–N with tert-alkyl or cyclic N) is 1. The number of nitrogens with zero attached hydrogens (tertiary/aromatic N) is 3. The third-order valence-corrected chi connectivity index (χ3v) is 5.25. The topological polar surface area (TPSA) is 150 Å². The van der Waals surface area contributed by atoms with Crippen molar-refractivity contribution in [2.75, 3.05) is 39.4 Å². The van der Waals surface area contributed by atoms with Crippen molar-refractivity contribution in [2.45, 2.75) is 38.3 Å². The Bertz CT molecular complexity index is 804. The number of ether oxygens (including phenoxy) is 1. The maximum atomic E-state index is 12.4. The zero-order chi connectivity index (χ0) is 23.6. The SMILES string of the molecule is CC(C)(CNC(=O)N1CCC(CO[N+](=O)[O-])CC1)NCC(O)COc1ccccc1C#N. The van der Waals surface area contributed by atoms with Crippen LogP contribution in [0.1, 0.15) is 32.3 Å². The fraction of sp³-hybridized carbons (Fsp3) is 0.619. The van der Waals surface area contributed by atoms with E-state index in [9.17, 15) is 20.0 Å². The van der Waals surface area contributed by atoms with Gasteiger partial charge in [-0.1, -0.05) is 12.1 Å². The average Bonchev–Trinajstić information content (AvgIpc) is 2.79. The Hall–Kier alpha value is -3.10. The minimum absolute atomic E-state index is 0.0310. The molecule has 1 aromatic rings. The molecule has 0 aromatic heterocycles. The molecule has 1 aliphatic rings. The van der Waals surface area contributed by atoms with Crippen molar-refractivity contribution in [3.8, 4) is 11.8 Å². The predicted molar refractivity (Wildman–Crippen MR) is 115 cm³/mol. The highest BCUT2D eigenvalue weighted by atomic mass is 16.9. The van der Waals surface area contributed by atoms with Gasteiger partial charge >= 0.3 is 6.03 Å². The fourth-order valence-electron chi connectivity index (χ4n) is 3.26. The Labute approximate surface area is 187 Å². The molecule has 1 saturated heterocycles. The van der Waals surface area contributed by atoms with Gasteiger partial charge in [0.15, 0.2) is 0 Å². The first-order chi connectivity index (χ1) is 15.2. The van der Waals surface area contributed by atoms with E-state index in [0.717, 1.165) is 0 Å². The number of piperidine rings is 1. The molecule has 11 nitrogen and oxygen atoms in total. The third kappa shape index (κ3) is 8.56. The lowest BCUT2D eigenvalue weighted by Gasteiger charge is -2.33. The number of aliphatic hydroxyl groups is 1. The van der Waals surface area contributed by atoms with Crippen LogP contribution in [0.3, 0.4) is 0 Å². The van der Waals surface area contributed by atoms with Gasteiger partial charge in [-0.15, -0.1) is 10.1 Å². The maximum absolute atomic E-state index is 12.4. The maximum Gasteiger partial charge on any atom is 0.317 e. The lowest BCUT2D eigenvalue weighted by Crippen LogP contribution is -2.54. The summed E-state index contributed by atoms with van der Waals surface area (Å²) in [5.41, 5.74) is -0.0657. The van der Waals surface area contributed by atoms with Crippen molar-refractivity contribution >= 4 is 6.03 Å². The van der Waals surface area contributed by atoms with Gasteiger partial charge < -0.3 is 30.2 Å².